The summed E-state index contributed by atoms with van der Waals surface area (Å²) >= 11 is 0. The molecule has 3 rings (SSSR count). The van der Waals surface area contributed by atoms with Gasteiger partial charge < -0.3 is 0 Å². The maximum atomic E-state index is 14.0. The number of hydrogen-bond donors (Lipinski definition) is 0. The molecule has 0 saturated heterocycles. The minimum Gasteiger partial charge on any atom is -0.206 e. The van der Waals surface area contributed by atoms with Crippen molar-refractivity contribution in [2.75, 3.05) is 0 Å². The molecule has 0 amide bonds. The Labute approximate surface area is 124 Å². The van der Waals surface area contributed by atoms with E-state index < -0.39 is 28.8 Å². The zero-order chi connectivity index (χ0) is 15.7. The van der Waals surface area contributed by atoms with Crippen molar-refractivity contribution in [3.8, 4) is 22.3 Å². The molecule has 110 valence electrons. The third-order valence-corrected chi connectivity index (χ3v) is 3.40. The third kappa shape index (κ3) is 2.37. The predicted octanol–water partition coefficient (Wildman–Crippen LogP) is 5.58. The van der Waals surface area contributed by atoms with E-state index in [4.69, 9.17) is 0 Å². The van der Waals surface area contributed by atoms with Crippen LogP contribution in [0.2, 0.25) is 0 Å². The van der Waals surface area contributed by atoms with E-state index in [0.717, 1.165) is 5.56 Å². The number of hydrogen-bond acceptors (Lipinski definition) is 0. The lowest BCUT2D eigenvalue weighted by Crippen LogP contribution is -1.99. The molecule has 0 fully saturated rings. The van der Waals surface area contributed by atoms with E-state index in [1.807, 2.05) is 6.07 Å². The molecule has 0 aliphatic heterocycles. The van der Waals surface area contributed by atoms with Crippen LogP contribution in [0.1, 0.15) is 0 Å². The van der Waals surface area contributed by atoms with Gasteiger partial charge in [-0.2, -0.15) is 0 Å². The summed E-state index contributed by atoms with van der Waals surface area (Å²) < 4.78 is 54.7. The quantitative estimate of drug-likeness (QED) is 0.329. The molecule has 0 bridgehead atoms. The lowest BCUT2D eigenvalue weighted by molar-refractivity contribution is 0.437. The Morgan fingerprint density at radius 1 is 0.545 bits per heavy atom. The molecule has 0 heterocycles. The van der Waals surface area contributed by atoms with Crippen LogP contribution < -0.4 is 0 Å². The summed E-state index contributed by atoms with van der Waals surface area (Å²) in [7, 11) is 0. The second-order valence-corrected chi connectivity index (χ2v) is 4.75. The number of benzene rings is 3. The van der Waals surface area contributed by atoms with E-state index in [1.54, 1.807) is 42.5 Å². The summed E-state index contributed by atoms with van der Waals surface area (Å²) in [6.07, 6.45) is 0. The van der Waals surface area contributed by atoms with Crippen molar-refractivity contribution in [3.05, 3.63) is 83.9 Å². The van der Waals surface area contributed by atoms with Crippen LogP contribution in [-0.4, -0.2) is 0 Å². The summed E-state index contributed by atoms with van der Waals surface area (Å²) in [5.41, 5.74) is 0.856. The van der Waals surface area contributed by atoms with Gasteiger partial charge in [0.1, 0.15) is 5.82 Å². The van der Waals surface area contributed by atoms with Crippen LogP contribution >= 0.6 is 0 Å². The molecule has 0 nitrogen and oxygen atoms in total. The SMILES string of the molecule is Fc1cc(F)c(-c2ccccc2-c2ccccc2)c(F)c1F. The van der Waals surface area contributed by atoms with Crippen molar-refractivity contribution in [3.63, 3.8) is 0 Å². The highest BCUT2D eigenvalue weighted by Gasteiger charge is 2.22. The number of rotatable bonds is 2. The van der Waals surface area contributed by atoms with E-state index in [-0.39, 0.29) is 5.56 Å². The lowest BCUT2D eigenvalue weighted by atomic mass is 9.94. The van der Waals surface area contributed by atoms with E-state index in [0.29, 0.717) is 11.6 Å². The van der Waals surface area contributed by atoms with Gasteiger partial charge in [-0.1, -0.05) is 54.6 Å². The van der Waals surface area contributed by atoms with Crippen LogP contribution in [-0.2, 0) is 0 Å². The van der Waals surface area contributed by atoms with Gasteiger partial charge in [0.15, 0.2) is 17.5 Å². The molecule has 3 aromatic rings. The molecule has 0 unspecified atom stereocenters. The Hall–Kier alpha value is -2.62. The van der Waals surface area contributed by atoms with Gasteiger partial charge in [-0.15, -0.1) is 0 Å². The van der Waals surface area contributed by atoms with Crippen molar-refractivity contribution in [2.24, 2.45) is 0 Å². The first kappa shape index (κ1) is 14.3. The maximum Gasteiger partial charge on any atom is 0.195 e. The molecular weight excluding hydrogens is 292 g/mol. The van der Waals surface area contributed by atoms with Crippen molar-refractivity contribution in [2.45, 2.75) is 0 Å². The maximum absolute atomic E-state index is 14.0. The molecule has 0 N–H and O–H groups in total. The highest BCUT2D eigenvalue weighted by atomic mass is 19.2. The Balaban J connectivity index is 2.30. The van der Waals surface area contributed by atoms with Crippen LogP contribution in [0.3, 0.4) is 0 Å². The smallest absolute Gasteiger partial charge is 0.195 e. The van der Waals surface area contributed by atoms with E-state index in [9.17, 15) is 17.6 Å². The Morgan fingerprint density at radius 3 is 1.82 bits per heavy atom. The van der Waals surface area contributed by atoms with E-state index in [1.165, 1.54) is 6.07 Å². The fourth-order valence-electron chi connectivity index (χ4n) is 2.38. The molecule has 0 saturated carbocycles. The fourth-order valence-corrected chi connectivity index (χ4v) is 2.38. The minimum atomic E-state index is -1.68. The first-order chi connectivity index (χ1) is 10.6. The molecule has 0 aliphatic carbocycles. The largest absolute Gasteiger partial charge is 0.206 e. The summed E-state index contributed by atoms with van der Waals surface area (Å²) in [5.74, 6) is -5.89. The second kappa shape index (κ2) is 5.64. The van der Waals surface area contributed by atoms with Crippen LogP contribution in [0.5, 0.6) is 0 Å². The fraction of sp³-hybridized carbons (Fsp3) is 0. The number of halogens is 4. The average molecular weight is 302 g/mol. The van der Waals surface area contributed by atoms with Crippen molar-refractivity contribution in [1.82, 2.24) is 0 Å². The topological polar surface area (TPSA) is 0 Å². The average Bonchev–Trinajstić information content (AvgIpc) is 2.54. The molecule has 3 aromatic carbocycles. The molecular formula is C18H10F4. The summed E-state index contributed by atoms with van der Waals surface area (Å²) in [6, 6.07) is 15.7. The molecule has 0 radical (unpaired) electrons. The van der Waals surface area contributed by atoms with Gasteiger partial charge in [-0.3, -0.25) is 0 Å². The summed E-state index contributed by atoms with van der Waals surface area (Å²) in [6.45, 7) is 0. The molecule has 4 heteroatoms. The van der Waals surface area contributed by atoms with Crippen molar-refractivity contribution < 1.29 is 17.6 Å². The van der Waals surface area contributed by atoms with Gasteiger partial charge in [0, 0.05) is 6.07 Å². The summed E-state index contributed by atoms with van der Waals surface area (Å²) in [4.78, 5) is 0. The van der Waals surface area contributed by atoms with Gasteiger partial charge in [0.2, 0.25) is 0 Å². The molecule has 0 spiro atoms. The Morgan fingerprint density at radius 2 is 1.14 bits per heavy atom. The van der Waals surface area contributed by atoms with E-state index in [2.05, 4.69) is 0 Å². The Kier molecular flexibility index (Phi) is 3.67. The summed E-state index contributed by atoms with van der Waals surface area (Å²) in [5, 5.41) is 0. The van der Waals surface area contributed by atoms with Gasteiger partial charge in [0.25, 0.3) is 0 Å². The predicted molar refractivity (Wildman–Crippen MR) is 77.1 cm³/mol. The molecule has 0 atom stereocenters. The third-order valence-electron chi connectivity index (χ3n) is 3.40. The molecule has 0 aliphatic rings. The van der Waals surface area contributed by atoms with Crippen molar-refractivity contribution in [1.29, 1.82) is 0 Å². The monoisotopic (exact) mass is 302 g/mol. The van der Waals surface area contributed by atoms with Gasteiger partial charge in [-0.25, -0.2) is 17.6 Å². The van der Waals surface area contributed by atoms with Gasteiger partial charge in [0.05, 0.1) is 5.56 Å². The molecule has 22 heavy (non-hydrogen) atoms. The highest BCUT2D eigenvalue weighted by Crippen LogP contribution is 2.36. The lowest BCUT2D eigenvalue weighted by Gasteiger charge is -2.12. The van der Waals surface area contributed by atoms with Gasteiger partial charge >= 0.3 is 0 Å². The standard InChI is InChI=1S/C18H10F4/c19-14-10-15(20)17(21)18(22)16(14)13-9-5-4-8-12(13)11-6-2-1-3-7-11/h1-10H. The first-order valence-corrected chi connectivity index (χ1v) is 6.57. The first-order valence-electron chi connectivity index (χ1n) is 6.57. The van der Waals surface area contributed by atoms with E-state index >= 15 is 0 Å². The highest BCUT2D eigenvalue weighted by molar-refractivity contribution is 5.83. The van der Waals surface area contributed by atoms with Crippen molar-refractivity contribution >= 4 is 0 Å². The second-order valence-electron chi connectivity index (χ2n) is 4.75. The van der Waals surface area contributed by atoms with Crippen LogP contribution in [0.15, 0.2) is 60.7 Å². The Bertz CT molecular complexity index is 826. The van der Waals surface area contributed by atoms with Crippen LogP contribution in [0, 0.1) is 23.3 Å². The minimum absolute atomic E-state index is 0.169. The zero-order valence-electron chi connectivity index (χ0n) is 11.3. The molecule has 0 aromatic heterocycles. The normalized spacial score (nSPS) is 10.7. The van der Waals surface area contributed by atoms with Gasteiger partial charge in [-0.05, 0) is 16.7 Å². The zero-order valence-corrected chi connectivity index (χ0v) is 11.3. The van der Waals surface area contributed by atoms with Crippen LogP contribution in [0.25, 0.3) is 22.3 Å². The van der Waals surface area contributed by atoms with Crippen LogP contribution in [0.4, 0.5) is 17.6 Å².